The minimum Gasteiger partial charge on any atom is -0.361 e. The van der Waals surface area contributed by atoms with Crippen molar-refractivity contribution in [3.8, 4) is 17.2 Å². The van der Waals surface area contributed by atoms with E-state index in [1.807, 2.05) is 44.3 Å². The highest BCUT2D eigenvalue weighted by Crippen LogP contribution is 2.35. The van der Waals surface area contributed by atoms with E-state index in [2.05, 4.69) is 15.6 Å². The van der Waals surface area contributed by atoms with E-state index in [-0.39, 0.29) is 24.4 Å². The first-order chi connectivity index (χ1) is 15.2. The minimum absolute atomic E-state index is 0.0153. The molecule has 0 radical (unpaired) electrons. The van der Waals surface area contributed by atoms with Gasteiger partial charge in [-0.3, -0.25) is 10.1 Å². The molecule has 3 rings (SSSR count). The van der Waals surface area contributed by atoms with Crippen LogP contribution in [0.2, 0.25) is 0 Å². The number of rotatable bonds is 8. The van der Waals surface area contributed by atoms with Crippen LogP contribution >= 0.6 is 0 Å². The number of carbonyl (C=O) groups excluding carboxylic acids is 1. The van der Waals surface area contributed by atoms with Crippen molar-refractivity contribution < 1.29 is 18.0 Å². The Morgan fingerprint density at radius 1 is 1.12 bits per heavy atom. The summed E-state index contributed by atoms with van der Waals surface area (Å²) in [6, 6.07) is 12.5. The number of hydrogen-bond donors (Lipinski definition) is 3. The third-order valence-corrected chi connectivity index (χ3v) is 5.21. The van der Waals surface area contributed by atoms with E-state index in [9.17, 15) is 18.0 Å². The normalized spacial score (nSPS) is 13.7. The number of nitriles is 1. The van der Waals surface area contributed by atoms with Gasteiger partial charge < -0.3 is 10.3 Å². The molecule has 5 nitrogen and oxygen atoms in total. The molecular weight excluding hydrogens is 417 g/mol. The molecule has 0 unspecified atom stereocenters. The van der Waals surface area contributed by atoms with Crippen LogP contribution in [0.1, 0.15) is 31.9 Å². The van der Waals surface area contributed by atoms with Crippen molar-refractivity contribution >= 4 is 16.8 Å². The summed E-state index contributed by atoms with van der Waals surface area (Å²) in [5, 5.41) is 14.5. The Morgan fingerprint density at radius 2 is 1.84 bits per heavy atom. The van der Waals surface area contributed by atoms with Crippen LogP contribution in [0, 0.1) is 17.2 Å². The quantitative estimate of drug-likeness (QED) is 0.426. The molecule has 3 N–H and O–H groups in total. The molecular formula is C24H25F3N4O. The number of nitrogens with zero attached hydrogens (tertiary/aromatic N) is 1. The number of benzene rings is 2. The van der Waals surface area contributed by atoms with Gasteiger partial charge >= 0.3 is 6.18 Å². The van der Waals surface area contributed by atoms with Gasteiger partial charge in [0.1, 0.15) is 12.6 Å². The maximum Gasteiger partial charge on any atom is 0.407 e. The predicted molar refractivity (Wildman–Crippen MR) is 118 cm³/mol. The number of amides is 1. The number of H-pyrrole nitrogens is 1. The second-order valence-corrected chi connectivity index (χ2v) is 8.07. The summed E-state index contributed by atoms with van der Waals surface area (Å²) >= 11 is 0. The summed E-state index contributed by atoms with van der Waals surface area (Å²) in [7, 11) is 0. The molecule has 0 aliphatic rings. The maximum absolute atomic E-state index is 14.0. The number of halogens is 3. The first kappa shape index (κ1) is 23.4. The average Bonchev–Trinajstić information content (AvgIpc) is 3.23. The third-order valence-electron chi connectivity index (χ3n) is 5.21. The van der Waals surface area contributed by atoms with E-state index in [0.29, 0.717) is 0 Å². The molecule has 2 atom stereocenters. The molecule has 32 heavy (non-hydrogen) atoms. The minimum atomic E-state index is -4.60. The lowest BCUT2D eigenvalue weighted by Gasteiger charge is -2.28. The Bertz CT molecular complexity index is 1100. The zero-order chi connectivity index (χ0) is 23.3. The summed E-state index contributed by atoms with van der Waals surface area (Å²) in [5.74, 6) is -0.635. The zero-order valence-electron chi connectivity index (χ0n) is 17.8. The molecule has 1 amide bonds. The number of nitrogens with one attached hydrogen (secondary N) is 3. The molecule has 0 aliphatic carbocycles. The van der Waals surface area contributed by atoms with E-state index in [1.54, 1.807) is 18.2 Å². The van der Waals surface area contributed by atoms with E-state index in [1.165, 1.54) is 12.1 Å². The topological polar surface area (TPSA) is 80.7 Å². The van der Waals surface area contributed by atoms with Gasteiger partial charge in [0.15, 0.2) is 0 Å². The molecule has 0 saturated heterocycles. The fourth-order valence-electron chi connectivity index (χ4n) is 3.75. The highest BCUT2D eigenvalue weighted by atomic mass is 19.4. The van der Waals surface area contributed by atoms with Gasteiger partial charge in [0, 0.05) is 17.1 Å². The smallest absolute Gasteiger partial charge is 0.361 e. The summed E-state index contributed by atoms with van der Waals surface area (Å²) in [4.78, 5) is 15.5. The van der Waals surface area contributed by atoms with Crippen LogP contribution in [0.15, 0.2) is 54.7 Å². The Balaban J connectivity index is 1.89. The Kier molecular flexibility index (Phi) is 7.21. The molecule has 0 bridgehead atoms. The lowest BCUT2D eigenvalue weighted by molar-refractivity contribution is -0.161. The van der Waals surface area contributed by atoms with Gasteiger partial charge in [-0.25, -0.2) is 0 Å². The fraction of sp³-hybridized carbons (Fsp3) is 0.333. The number of aromatic nitrogens is 1. The first-order valence-corrected chi connectivity index (χ1v) is 10.3. The van der Waals surface area contributed by atoms with E-state index < -0.39 is 24.2 Å². The zero-order valence-corrected chi connectivity index (χ0v) is 17.8. The van der Waals surface area contributed by atoms with Crippen LogP contribution in [0.3, 0.4) is 0 Å². The molecule has 1 aromatic heterocycles. The van der Waals surface area contributed by atoms with Crippen molar-refractivity contribution in [2.45, 2.75) is 38.5 Å². The Morgan fingerprint density at radius 3 is 2.47 bits per heavy atom. The van der Waals surface area contributed by atoms with Crippen molar-refractivity contribution in [1.29, 1.82) is 5.26 Å². The van der Waals surface area contributed by atoms with Gasteiger partial charge in [0.25, 0.3) is 0 Å². The molecule has 0 aliphatic heterocycles. The van der Waals surface area contributed by atoms with Crippen LogP contribution in [0.5, 0.6) is 0 Å². The number of hydrogen-bond acceptors (Lipinski definition) is 3. The van der Waals surface area contributed by atoms with Crippen molar-refractivity contribution in [2.24, 2.45) is 5.92 Å². The van der Waals surface area contributed by atoms with E-state index >= 15 is 0 Å². The Hall–Kier alpha value is -3.31. The molecule has 168 valence electrons. The number of aromatic amines is 1. The lowest BCUT2D eigenvalue weighted by Crippen LogP contribution is -2.49. The lowest BCUT2D eigenvalue weighted by atomic mass is 9.96. The van der Waals surface area contributed by atoms with Crippen LogP contribution < -0.4 is 10.6 Å². The van der Waals surface area contributed by atoms with Crippen molar-refractivity contribution in [3.63, 3.8) is 0 Å². The van der Waals surface area contributed by atoms with Crippen molar-refractivity contribution in [1.82, 2.24) is 15.6 Å². The molecule has 2 aromatic carbocycles. The van der Waals surface area contributed by atoms with Crippen LogP contribution in [0.25, 0.3) is 22.0 Å². The van der Waals surface area contributed by atoms with Gasteiger partial charge in [-0.2, -0.15) is 18.4 Å². The summed E-state index contributed by atoms with van der Waals surface area (Å²) in [6.45, 7) is 3.39. The number of carbonyl (C=O) groups is 1. The predicted octanol–water partition coefficient (Wildman–Crippen LogP) is 5.08. The van der Waals surface area contributed by atoms with Crippen molar-refractivity contribution in [3.05, 3.63) is 60.3 Å². The molecule has 0 fully saturated rings. The van der Waals surface area contributed by atoms with Crippen molar-refractivity contribution in [2.75, 3.05) is 6.54 Å². The van der Waals surface area contributed by atoms with Crippen LogP contribution in [-0.2, 0) is 4.79 Å². The summed E-state index contributed by atoms with van der Waals surface area (Å²) < 4.78 is 41.9. The fourth-order valence-corrected chi connectivity index (χ4v) is 3.75. The second-order valence-electron chi connectivity index (χ2n) is 8.07. The van der Waals surface area contributed by atoms with Crippen LogP contribution in [0.4, 0.5) is 13.2 Å². The molecule has 8 heteroatoms. The highest BCUT2D eigenvalue weighted by molar-refractivity contribution is 5.95. The first-order valence-electron chi connectivity index (χ1n) is 10.3. The molecule has 0 spiro atoms. The molecule has 1 heterocycles. The van der Waals surface area contributed by atoms with E-state index in [4.69, 9.17) is 5.26 Å². The monoisotopic (exact) mass is 442 g/mol. The number of alkyl halides is 3. The molecule has 0 saturated carbocycles. The largest absolute Gasteiger partial charge is 0.407 e. The van der Waals surface area contributed by atoms with E-state index in [0.717, 1.165) is 22.0 Å². The second kappa shape index (κ2) is 9.88. The van der Waals surface area contributed by atoms with Gasteiger partial charge in [0.2, 0.25) is 5.91 Å². The maximum atomic E-state index is 14.0. The highest BCUT2D eigenvalue weighted by Gasteiger charge is 2.42. The third kappa shape index (κ3) is 5.48. The molecule has 3 aromatic rings. The SMILES string of the molecule is CC(C)C[C@H](N[C@@H](c1ccc(-c2cccc3[nH]ccc23)cc1)C(F)(F)F)C(=O)NCC#N. The average molecular weight is 442 g/mol. The Labute approximate surface area is 184 Å². The summed E-state index contributed by atoms with van der Waals surface area (Å²) in [6.07, 6.45) is -2.58. The van der Waals surface area contributed by atoms with Gasteiger partial charge in [-0.05, 0) is 41.2 Å². The van der Waals surface area contributed by atoms with Gasteiger partial charge in [0.05, 0.1) is 12.1 Å². The standard InChI is InChI=1S/C24H25F3N4O/c1-15(2)14-21(23(32)30-13-11-28)31-22(24(25,26)27)17-8-6-16(7-9-17)18-4-3-5-20-19(18)10-12-29-20/h3-10,12,15,21-22,29,31H,13-14H2,1-2H3,(H,30,32)/t21-,22-/m0/s1. The van der Waals surface area contributed by atoms with Gasteiger partial charge in [-0.15, -0.1) is 0 Å². The summed E-state index contributed by atoms with van der Waals surface area (Å²) in [5.41, 5.74) is 2.68. The van der Waals surface area contributed by atoms with Crippen LogP contribution in [-0.4, -0.2) is 29.7 Å². The number of fused-ring (bicyclic) bond motifs is 1. The van der Waals surface area contributed by atoms with Gasteiger partial charge in [-0.1, -0.05) is 50.2 Å².